The summed E-state index contributed by atoms with van der Waals surface area (Å²) in [7, 11) is 0. The summed E-state index contributed by atoms with van der Waals surface area (Å²) in [5, 5.41) is 6.11. The highest BCUT2D eigenvalue weighted by Gasteiger charge is 2.22. The molecule has 1 aliphatic rings. The number of hydrogen-bond acceptors (Lipinski definition) is 3. The Morgan fingerprint density at radius 3 is 2.95 bits per heavy atom. The predicted octanol–water partition coefficient (Wildman–Crippen LogP) is 3.00. The highest BCUT2D eigenvalue weighted by atomic mass is 79.9. The van der Waals surface area contributed by atoms with Gasteiger partial charge in [-0.3, -0.25) is 4.79 Å². The topological polar surface area (TPSA) is 50.4 Å². The second-order valence-corrected chi connectivity index (χ2v) is 6.19. The van der Waals surface area contributed by atoms with Gasteiger partial charge in [-0.05, 0) is 46.5 Å². The number of hydrogen-bond donors (Lipinski definition) is 2. The molecule has 0 saturated carbocycles. The van der Waals surface area contributed by atoms with Crippen molar-refractivity contribution in [3.8, 4) is 5.75 Å². The molecule has 0 aliphatic carbocycles. The molecule has 4 nitrogen and oxygen atoms in total. The van der Waals surface area contributed by atoms with Gasteiger partial charge >= 0.3 is 0 Å². The van der Waals surface area contributed by atoms with Gasteiger partial charge in [0.25, 0.3) is 0 Å². The predicted molar refractivity (Wildman–Crippen MR) is 87.4 cm³/mol. The monoisotopic (exact) mass is 354 g/mol. The summed E-state index contributed by atoms with van der Waals surface area (Å²) < 4.78 is 6.72. The molecule has 1 unspecified atom stereocenters. The molecule has 2 rings (SSSR count). The number of halogens is 1. The number of unbranched alkanes of at least 4 members (excludes halogenated alkanes) is 2. The van der Waals surface area contributed by atoms with Crippen molar-refractivity contribution in [3.63, 3.8) is 0 Å². The van der Waals surface area contributed by atoms with Gasteiger partial charge in [-0.15, -0.1) is 0 Å². The van der Waals surface area contributed by atoms with Crippen LogP contribution < -0.4 is 15.4 Å². The maximum absolute atomic E-state index is 11.5. The van der Waals surface area contributed by atoms with Crippen LogP contribution in [0.25, 0.3) is 0 Å². The average Bonchev–Trinajstić information content (AvgIpc) is 2.88. The molecule has 1 saturated heterocycles. The van der Waals surface area contributed by atoms with Gasteiger partial charge in [0.1, 0.15) is 5.75 Å². The second-order valence-electron chi connectivity index (χ2n) is 5.33. The number of ether oxygens (including phenoxy) is 1. The standard InChI is InChI=1S/C16H23BrN2O2/c1-2-3-4-9-21-15-6-5-12(10-13(15)17)11-19-14-7-8-18-16(14)20/h5-6,10,14,19H,2-4,7-9,11H2,1H3,(H,18,20). The molecule has 5 heteroatoms. The lowest BCUT2D eigenvalue weighted by Gasteiger charge is -2.12. The van der Waals surface area contributed by atoms with E-state index in [-0.39, 0.29) is 11.9 Å². The number of carbonyl (C=O) groups is 1. The highest BCUT2D eigenvalue weighted by molar-refractivity contribution is 9.10. The van der Waals surface area contributed by atoms with Crippen LogP contribution in [0.3, 0.4) is 0 Å². The van der Waals surface area contributed by atoms with Crippen LogP contribution in [0.5, 0.6) is 5.75 Å². The number of nitrogens with one attached hydrogen (secondary N) is 2. The van der Waals surface area contributed by atoms with Gasteiger partial charge in [-0.2, -0.15) is 0 Å². The van der Waals surface area contributed by atoms with Crippen LogP contribution in [0.4, 0.5) is 0 Å². The third-order valence-corrected chi connectivity index (χ3v) is 4.22. The van der Waals surface area contributed by atoms with Crippen molar-refractivity contribution in [3.05, 3.63) is 28.2 Å². The summed E-state index contributed by atoms with van der Waals surface area (Å²) >= 11 is 3.55. The molecule has 0 aromatic heterocycles. The van der Waals surface area contributed by atoms with E-state index in [2.05, 4.69) is 39.6 Å². The second kappa shape index (κ2) is 8.39. The van der Waals surface area contributed by atoms with E-state index in [1.54, 1.807) is 0 Å². The Labute approximate surface area is 134 Å². The zero-order valence-corrected chi connectivity index (χ0v) is 14.0. The summed E-state index contributed by atoms with van der Waals surface area (Å²) in [5.74, 6) is 0.985. The molecule has 1 heterocycles. The first kappa shape index (κ1) is 16.3. The van der Waals surface area contributed by atoms with Gasteiger partial charge in [0.05, 0.1) is 17.1 Å². The van der Waals surface area contributed by atoms with E-state index < -0.39 is 0 Å². The van der Waals surface area contributed by atoms with Crippen LogP contribution in [0, 0.1) is 0 Å². The van der Waals surface area contributed by atoms with E-state index in [0.717, 1.165) is 41.8 Å². The van der Waals surface area contributed by atoms with Gasteiger partial charge < -0.3 is 15.4 Å². The van der Waals surface area contributed by atoms with Crippen molar-refractivity contribution in [2.45, 2.75) is 45.2 Å². The van der Waals surface area contributed by atoms with E-state index >= 15 is 0 Å². The third-order valence-electron chi connectivity index (χ3n) is 3.60. The van der Waals surface area contributed by atoms with E-state index in [9.17, 15) is 4.79 Å². The lowest BCUT2D eigenvalue weighted by Crippen LogP contribution is -2.35. The molecule has 116 valence electrons. The Kier molecular flexibility index (Phi) is 6.51. The molecule has 1 aliphatic heterocycles. The van der Waals surface area contributed by atoms with Crippen LogP contribution in [-0.4, -0.2) is 25.1 Å². The number of benzene rings is 1. The first-order valence-electron chi connectivity index (χ1n) is 7.63. The molecule has 0 radical (unpaired) electrons. The zero-order valence-electron chi connectivity index (χ0n) is 12.5. The number of carbonyl (C=O) groups excluding carboxylic acids is 1. The van der Waals surface area contributed by atoms with Crippen molar-refractivity contribution < 1.29 is 9.53 Å². The van der Waals surface area contributed by atoms with Crippen LogP contribution in [0.2, 0.25) is 0 Å². The van der Waals surface area contributed by atoms with E-state index in [0.29, 0.717) is 6.54 Å². The molecule has 1 fully saturated rings. The zero-order chi connectivity index (χ0) is 15.1. The normalized spacial score (nSPS) is 17.8. The SMILES string of the molecule is CCCCCOc1ccc(CNC2CCNC2=O)cc1Br. The minimum absolute atomic E-state index is 0.0613. The van der Waals surface area contributed by atoms with Gasteiger partial charge in [0.2, 0.25) is 5.91 Å². The molecule has 0 spiro atoms. The minimum Gasteiger partial charge on any atom is -0.492 e. The summed E-state index contributed by atoms with van der Waals surface area (Å²) in [5.41, 5.74) is 1.14. The first-order valence-corrected chi connectivity index (χ1v) is 8.42. The summed E-state index contributed by atoms with van der Waals surface area (Å²) in [6.07, 6.45) is 4.34. The summed E-state index contributed by atoms with van der Waals surface area (Å²) in [6.45, 7) is 4.39. The van der Waals surface area contributed by atoms with Gasteiger partial charge in [-0.1, -0.05) is 25.8 Å². The van der Waals surface area contributed by atoms with Crippen LogP contribution in [-0.2, 0) is 11.3 Å². The fourth-order valence-electron chi connectivity index (χ4n) is 2.34. The molecular formula is C16H23BrN2O2. The Balaban J connectivity index is 1.82. The Hall–Kier alpha value is -1.07. The fourth-order valence-corrected chi connectivity index (χ4v) is 2.88. The molecule has 1 amide bonds. The van der Waals surface area contributed by atoms with Gasteiger partial charge in [0, 0.05) is 13.1 Å². The smallest absolute Gasteiger partial charge is 0.237 e. The summed E-state index contributed by atoms with van der Waals surface area (Å²) in [6, 6.07) is 6.02. The molecule has 21 heavy (non-hydrogen) atoms. The fraction of sp³-hybridized carbons (Fsp3) is 0.562. The molecular weight excluding hydrogens is 332 g/mol. The first-order chi connectivity index (χ1) is 10.2. The molecule has 0 bridgehead atoms. The maximum atomic E-state index is 11.5. The van der Waals surface area contributed by atoms with Crippen molar-refractivity contribution in [1.29, 1.82) is 0 Å². The van der Waals surface area contributed by atoms with Crippen molar-refractivity contribution in [2.24, 2.45) is 0 Å². The maximum Gasteiger partial charge on any atom is 0.237 e. The lowest BCUT2D eigenvalue weighted by atomic mass is 10.2. The number of rotatable bonds is 8. The average molecular weight is 355 g/mol. The quantitative estimate of drug-likeness (QED) is 0.705. The van der Waals surface area contributed by atoms with Crippen LogP contribution >= 0.6 is 15.9 Å². The van der Waals surface area contributed by atoms with E-state index in [1.807, 2.05) is 12.1 Å². The Morgan fingerprint density at radius 1 is 1.43 bits per heavy atom. The van der Waals surface area contributed by atoms with Crippen molar-refractivity contribution >= 4 is 21.8 Å². The largest absolute Gasteiger partial charge is 0.492 e. The third kappa shape index (κ3) is 5.00. The Bertz CT molecular complexity index is 479. The van der Waals surface area contributed by atoms with E-state index in [4.69, 9.17) is 4.74 Å². The Morgan fingerprint density at radius 2 is 2.29 bits per heavy atom. The molecule has 1 aromatic rings. The summed E-state index contributed by atoms with van der Waals surface area (Å²) in [4.78, 5) is 11.5. The molecule has 2 N–H and O–H groups in total. The van der Waals surface area contributed by atoms with Gasteiger partial charge in [0.15, 0.2) is 0 Å². The van der Waals surface area contributed by atoms with Crippen molar-refractivity contribution in [1.82, 2.24) is 10.6 Å². The van der Waals surface area contributed by atoms with Crippen LogP contribution in [0.1, 0.15) is 38.2 Å². The highest BCUT2D eigenvalue weighted by Crippen LogP contribution is 2.26. The van der Waals surface area contributed by atoms with Crippen LogP contribution in [0.15, 0.2) is 22.7 Å². The van der Waals surface area contributed by atoms with E-state index in [1.165, 1.54) is 12.8 Å². The van der Waals surface area contributed by atoms with Crippen molar-refractivity contribution in [2.75, 3.05) is 13.2 Å². The minimum atomic E-state index is -0.0613. The number of amides is 1. The lowest BCUT2D eigenvalue weighted by molar-refractivity contribution is -0.120. The molecule has 1 aromatic carbocycles. The van der Waals surface area contributed by atoms with Gasteiger partial charge in [-0.25, -0.2) is 0 Å². The molecule has 1 atom stereocenters.